The van der Waals surface area contributed by atoms with Crippen molar-refractivity contribution in [1.82, 2.24) is 0 Å². The first-order valence-corrected chi connectivity index (χ1v) is 17.1. The lowest BCUT2D eigenvalue weighted by Gasteiger charge is -2.24. The molecular weight excluding hydrogens is 552 g/mol. The van der Waals surface area contributed by atoms with Crippen molar-refractivity contribution in [2.24, 2.45) is 5.41 Å². The Hall–Kier alpha value is -1.71. The third-order valence-corrected chi connectivity index (χ3v) is 7.78. The smallest absolute Gasteiger partial charge is 0.303 e. The van der Waals surface area contributed by atoms with Crippen molar-refractivity contribution in [2.45, 2.75) is 174 Å². The summed E-state index contributed by atoms with van der Waals surface area (Å²) in [6.45, 7) is 3.62. The van der Waals surface area contributed by atoms with Gasteiger partial charge in [0.2, 0.25) is 0 Å². The Balaban J connectivity index is -0.000000604. The van der Waals surface area contributed by atoms with Crippen LogP contribution in [0.3, 0.4) is 0 Å². The predicted molar refractivity (Wildman–Crippen MR) is 173 cm³/mol. The van der Waals surface area contributed by atoms with Gasteiger partial charge in [0.15, 0.2) is 0 Å². The summed E-state index contributed by atoms with van der Waals surface area (Å²) in [6.07, 6.45) is 26.6. The van der Waals surface area contributed by atoms with Gasteiger partial charge in [-0.05, 0) is 25.7 Å². The Morgan fingerprint density at radius 1 is 0.395 bits per heavy atom. The maximum absolute atomic E-state index is 10.3. The van der Waals surface area contributed by atoms with E-state index in [-0.39, 0.29) is 32.7 Å². The number of carbonyl (C=O) groups is 3. The number of carboxylic acid groups (broad SMARTS) is 3. The molecule has 0 unspecified atom stereocenters. The van der Waals surface area contributed by atoms with Crippen molar-refractivity contribution in [3.05, 3.63) is 0 Å². The average Bonchev–Trinajstić information content (AvgIpc) is 2.98. The van der Waals surface area contributed by atoms with Gasteiger partial charge in [-0.3, -0.25) is 14.4 Å². The van der Waals surface area contributed by atoms with E-state index in [4.69, 9.17) is 30.6 Å². The van der Waals surface area contributed by atoms with Gasteiger partial charge in [0.1, 0.15) is 0 Å². The normalized spacial score (nSPS) is 10.8. The summed E-state index contributed by atoms with van der Waals surface area (Å²) in [5, 5.41) is 51.2. The zero-order valence-electron chi connectivity index (χ0n) is 27.7. The molecular formula is C34H68O9. The summed E-state index contributed by atoms with van der Waals surface area (Å²) in [4.78, 5) is 30.6. The Bertz CT molecular complexity index is 569. The number of hydrogen-bond acceptors (Lipinski definition) is 6. The van der Waals surface area contributed by atoms with Crippen LogP contribution in [0.15, 0.2) is 0 Å². The number of carboxylic acids is 3. The van der Waals surface area contributed by atoms with E-state index in [1.54, 1.807) is 0 Å². The molecule has 0 aliphatic carbocycles. The second kappa shape index (κ2) is 36.5. The van der Waals surface area contributed by atoms with Crippen LogP contribution in [-0.4, -0.2) is 68.4 Å². The quantitative estimate of drug-likeness (QED) is 0.0453. The van der Waals surface area contributed by atoms with Crippen molar-refractivity contribution in [1.29, 1.82) is 0 Å². The predicted octanol–water partition coefficient (Wildman–Crippen LogP) is 7.97. The van der Waals surface area contributed by atoms with Crippen molar-refractivity contribution < 1.29 is 45.0 Å². The molecule has 0 heterocycles. The highest BCUT2D eigenvalue weighted by atomic mass is 16.4. The first kappa shape index (κ1) is 45.7. The van der Waals surface area contributed by atoms with E-state index in [1.807, 2.05) is 6.92 Å². The van der Waals surface area contributed by atoms with E-state index in [2.05, 4.69) is 6.92 Å². The van der Waals surface area contributed by atoms with Gasteiger partial charge >= 0.3 is 17.9 Å². The van der Waals surface area contributed by atoms with E-state index >= 15 is 0 Å². The minimum atomic E-state index is -0.740. The van der Waals surface area contributed by atoms with Gasteiger partial charge in [-0.15, -0.1) is 0 Å². The highest BCUT2D eigenvalue weighted by molar-refractivity contribution is 5.67. The first-order chi connectivity index (χ1) is 20.6. The van der Waals surface area contributed by atoms with Gasteiger partial charge in [0.25, 0.3) is 0 Å². The molecule has 0 amide bonds. The minimum absolute atomic E-state index is 0.156. The molecule has 9 heteroatoms. The van der Waals surface area contributed by atoms with Crippen LogP contribution in [0.2, 0.25) is 0 Å². The summed E-state index contributed by atoms with van der Waals surface area (Å²) in [5.74, 6) is -2.13. The lowest BCUT2D eigenvalue weighted by atomic mass is 9.88. The molecule has 0 fully saturated rings. The van der Waals surface area contributed by atoms with E-state index in [0.29, 0.717) is 12.8 Å². The number of aliphatic hydroxyl groups excluding tert-OH is 3. The maximum atomic E-state index is 10.3. The number of rotatable bonds is 29. The molecule has 43 heavy (non-hydrogen) atoms. The van der Waals surface area contributed by atoms with Crippen molar-refractivity contribution in [3.8, 4) is 0 Å². The molecule has 0 spiro atoms. The van der Waals surface area contributed by atoms with Gasteiger partial charge in [0, 0.05) is 24.7 Å². The molecule has 0 aliphatic rings. The molecule has 0 saturated carbocycles. The van der Waals surface area contributed by atoms with Crippen molar-refractivity contribution in [3.63, 3.8) is 0 Å². The third kappa shape index (κ3) is 40.3. The molecule has 9 nitrogen and oxygen atoms in total. The molecule has 0 aromatic carbocycles. The van der Waals surface area contributed by atoms with Gasteiger partial charge < -0.3 is 30.6 Å². The Morgan fingerprint density at radius 3 is 0.744 bits per heavy atom. The van der Waals surface area contributed by atoms with Crippen LogP contribution in [0.4, 0.5) is 0 Å². The van der Waals surface area contributed by atoms with Crippen molar-refractivity contribution in [2.75, 3.05) is 19.8 Å². The van der Waals surface area contributed by atoms with Gasteiger partial charge in [-0.1, -0.05) is 129 Å². The van der Waals surface area contributed by atoms with E-state index in [0.717, 1.165) is 51.4 Å². The molecule has 0 aromatic rings. The molecule has 0 aromatic heterocycles. The summed E-state index contributed by atoms with van der Waals surface area (Å²) < 4.78 is 0. The third-order valence-electron chi connectivity index (χ3n) is 7.78. The topological polar surface area (TPSA) is 173 Å². The van der Waals surface area contributed by atoms with Crippen LogP contribution < -0.4 is 0 Å². The summed E-state index contributed by atoms with van der Waals surface area (Å²) in [7, 11) is 0. The largest absolute Gasteiger partial charge is 0.481 e. The zero-order valence-corrected chi connectivity index (χ0v) is 27.7. The number of aliphatic carboxylic acids is 3. The second-order valence-corrected chi connectivity index (χ2v) is 11.8. The van der Waals surface area contributed by atoms with Crippen molar-refractivity contribution >= 4 is 17.9 Å². The molecule has 0 saturated heterocycles. The van der Waals surface area contributed by atoms with Gasteiger partial charge in [-0.25, -0.2) is 0 Å². The first-order valence-electron chi connectivity index (χ1n) is 17.1. The number of hydrogen-bond donors (Lipinski definition) is 6. The fourth-order valence-electron chi connectivity index (χ4n) is 4.39. The van der Waals surface area contributed by atoms with Crippen LogP contribution in [-0.2, 0) is 14.4 Å². The number of unbranched alkanes of at least 4 members (excludes halogenated alkanes) is 19. The SMILES string of the molecule is CCC(CO)(CO)CO.CCCCCCCCCCCCCCCCCC(=O)O.O=C(O)CCCCCCCCC(=O)O. The fourth-order valence-corrected chi connectivity index (χ4v) is 4.39. The van der Waals surface area contributed by atoms with E-state index < -0.39 is 23.3 Å². The molecule has 0 radical (unpaired) electrons. The Labute approximate surface area is 262 Å². The summed E-state index contributed by atoms with van der Waals surface area (Å²) in [6, 6.07) is 0. The standard InChI is InChI=1S/C18H36O2.C10H18O4.C6H14O3/c1-2-3-4-5-6-7-8-9-10-11-12-13-14-15-16-17-18(19)20;11-9(12)7-5-3-1-2-4-6-8-10(13)14;1-2-6(3-7,4-8)5-9/h2-17H2,1H3,(H,19,20);1-8H2,(H,11,12)(H,13,14);7-9H,2-5H2,1H3. The van der Waals surface area contributed by atoms with Crippen LogP contribution >= 0.6 is 0 Å². The second-order valence-electron chi connectivity index (χ2n) is 11.8. The highest BCUT2D eigenvalue weighted by Crippen LogP contribution is 2.18. The van der Waals surface area contributed by atoms with E-state index in [9.17, 15) is 14.4 Å². The molecule has 6 N–H and O–H groups in total. The maximum Gasteiger partial charge on any atom is 0.303 e. The van der Waals surface area contributed by atoms with E-state index in [1.165, 1.54) is 83.5 Å². The Kier molecular flexibility index (Phi) is 38.8. The minimum Gasteiger partial charge on any atom is -0.481 e. The summed E-state index contributed by atoms with van der Waals surface area (Å²) in [5.41, 5.74) is -0.667. The highest BCUT2D eigenvalue weighted by Gasteiger charge is 2.24. The monoisotopic (exact) mass is 620 g/mol. The number of aliphatic hydroxyl groups is 3. The zero-order chi connectivity index (χ0) is 33.0. The van der Waals surface area contributed by atoms with Crippen LogP contribution in [0.5, 0.6) is 0 Å². The lowest BCUT2D eigenvalue weighted by molar-refractivity contribution is -0.138. The van der Waals surface area contributed by atoms with Gasteiger partial charge in [-0.2, -0.15) is 0 Å². The molecule has 0 rings (SSSR count). The fraction of sp³-hybridized carbons (Fsp3) is 0.912. The lowest BCUT2D eigenvalue weighted by Crippen LogP contribution is -2.32. The average molecular weight is 621 g/mol. The Morgan fingerprint density at radius 2 is 0.605 bits per heavy atom. The van der Waals surface area contributed by atoms with Gasteiger partial charge in [0.05, 0.1) is 19.8 Å². The van der Waals surface area contributed by atoms with Crippen LogP contribution in [0.1, 0.15) is 174 Å². The summed E-state index contributed by atoms with van der Waals surface area (Å²) >= 11 is 0. The molecule has 0 aliphatic heterocycles. The van der Waals surface area contributed by atoms with Crippen LogP contribution in [0, 0.1) is 5.41 Å². The molecule has 0 atom stereocenters. The van der Waals surface area contributed by atoms with Crippen LogP contribution in [0.25, 0.3) is 0 Å². The molecule has 0 bridgehead atoms. The molecule has 258 valence electrons.